The van der Waals surface area contributed by atoms with E-state index in [1.807, 2.05) is 29.2 Å². The number of nitrogens with zero attached hydrogens (tertiary/aromatic N) is 4. The first-order valence-electron chi connectivity index (χ1n) is 10.8. The SMILES string of the molecule is C=N/C(=C\C(=NC)N1CCC(N2C[C@H](C)OC[C@@H]2Cc2ccc(Cl)cc2)CC1)C(F)(F)F. The van der Waals surface area contributed by atoms with Crippen molar-refractivity contribution in [1.29, 1.82) is 0 Å². The molecule has 9 heteroatoms. The van der Waals surface area contributed by atoms with Gasteiger partial charge in [0.2, 0.25) is 0 Å². The van der Waals surface area contributed by atoms with Crippen molar-refractivity contribution in [2.24, 2.45) is 9.98 Å². The summed E-state index contributed by atoms with van der Waals surface area (Å²) in [5.74, 6) is 0.288. The maximum absolute atomic E-state index is 13.1. The van der Waals surface area contributed by atoms with Gasteiger partial charge < -0.3 is 9.64 Å². The molecule has 0 unspecified atom stereocenters. The van der Waals surface area contributed by atoms with Crippen LogP contribution < -0.4 is 0 Å². The second-order valence-corrected chi connectivity index (χ2v) is 8.75. The third-order valence-electron chi connectivity index (χ3n) is 6.11. The fourth-order valence-corrected chi connectivity index (χ4v) is 4.57. The fourth-order valence-electron chi connectivity index (χ4n) is 4.45. The molecule has 2 aliphatic rings. The number of likely N-dealkylation sites (tertiary alicyclic amines) is 1. The van der Waals surface area contributed by atoms with Crippen molar-refractivity contribution in [3.63, 3.8) is 0 Å². The summed E-state index contributed by atoms with van der Waals surface area (Å²) in [4.78, 5) is 11.6. The molecule has 0 N–H and O–H groups in total. The Labute approximate surface area is 192 Å². The number of allylic oxidation sites excluding steroid dienone is 1. The third kappa shape index (κ3) is 6.33. The summed E-state index contributed by atoms with van der Waals surface area (Å²) < 4.78 is 45.1. The number of morpholine rings is 1. The van der Waals surface area contributed by atoms with E-state index in [4.69, 9.17) is 16.3 Å². The van der Waals surface area contributed by atoms with Crippen LogP contribution in [0.4, 0.5) is 13.2 Å². The molecule has 1 aromatic carbocycles. The van der Waals surface area contributed by atoms with Crippen LogP contribution in [0, 0.1) is 0 Å². The fraction of sp³-hybridized carbons (Fsp3) is 0.565. The normalized spacial score (nSPS) is 24.6. The number of hydrogen-bond donors (Lipinski definition) is 0. The second kappa shape index (κ2) is 10.8. The molecule has 176 valence electrons. The lowest BCUT2D eigenvalue weighted by Gasteiger charge is -2.46. The molecule has 2 fully saturated rings. The molecule has 0 aliphatic carbocycles. The molecule has 3 rings (SSSR count). The Balaban J connectivity index is 1.66. The molecule has 0 aromatic heterocycles. The summed E-state index contributed by atoms with van der Waals surface area (Å²) in [6, 6.07) is 8.49. The predicted octanol–water partition coefficient (Wildman–Crippen LogP) is 4.61. The molecule has 0 radical (unpaired) electrons. The Kier molecular flexibility index (Phi) is 8.36. The standard InChI is InChI=1S/C23H30ClF3N4O/c1-16-14-31(20(15-32-16)12-17-4-6-18(24)7-5-17)19-8-10-30(11-9-19)22(29-3)13-21(28-2)23(25,26)27/h4-7,13,16,19-20H,2,8-12,14-15H2,1,3H3/b21-13-,29-22?/t16-,20-/m0/s1. The number of halogens is 4. The smallest absolute Gasteiger partial charge is 0.376 e. The van der Waals surface area contributed by atoms with Gasteiger partial charge in [-0.1, -0.05) is 23.7 Å². The average Bonchev–Trinajstić information content (AvgIpc) is 2.76. The molecule has 0 bridgehead atoms. The number of rotatable bonds is 5. The van der Waals surface area contributed by atoms with Gasteiger partial charge in [-0.25, -0.2) is 0 Å². The Bertz CT molecular complexity index is 833. The highest BCUT2D eigenvalue weighted by molar-refractivity contribution is 6.30. The van der Waals surface area contributed by atoms with Gasteiger partial charge in [0.15, 0.2) is 0 Å². The van der Waals surface area contributed by atoms with E-state index in [2.05, 4.69) is 28.5 Å². The van der Waals surface area contributed by atoms with E-state index in [9.17, 15) is 13.2 Å². The van der Waals surface area contributed by atoms with Crippen molar-refractivity contribution >= 4 is 24.2 Å². The molecule has 0 spiro atoms. The molecule has 5 nitrogen and oxygen atoms in total. The van der Waals surface area contributed by atoms with Gasteiger partial charge in [0.25, 0.3) is 0 Å². The van der Waals surface area contributed by atoms with Crippen molar-refractivity contribution in [3.8, 4) is 0 Å². The molecule has 2 aliphatic heterocycles. The van der Waals surface area contributed by atoms with Crippen LogP contribution in [0.1, 0.15) is 25.3 Å². The Hall–Kier alpha value is -1.90. The Morgan fingerprint density at radius 2 is 1.91 bits per heavy atom. The number of alkyl halides is 3. The summed E-state index contributed by atoms with van der Waals surface area (Å²) >= 11 is 6.02. The van der Waals surface area contributed by atoms with E-state index in [1.54, 1.807) is 0 Å². The first kappa shape index (κ1) is 24.7. The van der Waals surface area contributed by atoms with Crippen LogP contribution in [-0.2, 0) is 11.2 Å². The van der Waals surface area contributed by atoms with Gasteiger partial charge in [-0.3, -0.25) is 14.9 Å². The molecule has 2 saturated heterocycles. The van der Waals surface area contributed by atoms with Crippen LogP contribution in [0.15, 0.2) is 46.0 Å². The second-order valence-electron chi connectivity index (χ2n) is 8.31. The van der Waals surface area contributed by atoms with Crippen LogP contribution in [0.3, 0.4) is 0 Å². The molecular weight excluding hydrogens is 441 g/mol. The maximum atomic E-state index is 13.1. The molecular formula is C23H30ClF3N4O. The van der Waals surface area contributed by atoms with Crippen LogP contribution in [-0.4, -0.2) is 80.0 Å². The summed E-state index contributed by atoms with van der Waals surface area (Å²) in [6.45, 7) is 7.90. The van der Waals surface area contributed by atoms with Gasteiger partial charge in [0.05, 0.1) is 12.7 Å². The summed E-state index contributed by atoms with van der Waals surface area (Å²) in [6.07, 6.45) is -0.853. The molecule has 1 aromatic rings. The number of aliphatic imine (C=N–C) groups is 2. The number of amidine groups is 1. The predicted molar refractivity (Wildman–Crippen MR) is 123 cm³/mol. The summed E-state index contributed by atoms with van der Waals surface area (Å²) in [5.41, 5.74) is 0.187. The zero-order valence-corrected chi connectivity index (χ0v) is 19.2. The van der Waals surface area contributed by atoms with E-state index < -0.39 is 11.9 Å². The van der Waals surface area contributed by atoms with Crippen molar-refractivity contribution < 1.29 is 17.9 Å². The minimum Gasteiger partial charge on any atom is -0.376 e. The lowest BCUT2D eigenvalue weighted by Crippen LogP contribution is -2.57. The highest BCUT2D eigenvalue weighted by Gasteiger charge is 2.36. The zero-order chi connectivity index (χ0) is 23.3. The van der Waals surface area contributed by atoms with Gasteiger partial charge in [-0.15, -0.1) is 0 Å². The van der Waals surface area contributed by atoms with E-state index >= 15 is 0 Å². The molecule has 32 heavy (non-hydrogen) atoms. The molecule has 2 heterocycles. The van der Waals surface area contributed by atoms with Crippen molar-refractivity contribution in [2.45, 2.75) is 50.6 Å². The summed E-state index contributed by atoms with van der Waals surface area (Å²) in [5, 5.41) is 0.717. The van der Waals surface area contributed by atoms with E-state index in [-0.39, 0.29) is 18.0 Å². The highest BCUT2D eigenvalue weighted by atomic mass is 35.5. The van der Waals surface area contributed by atoms with Crippen LogP contribution >= 0.6 is 11.6 Å². The first-order valence-corrected chi connectivity index (χ1v) is 11.2. The number of ether oxygens (including phenoxy) is 1. The highest BCUT2D eigenvalue weighted by Crippen LogP contribution is 2.28. The Morgan fingerprint density at radius 3 is 2.47 bits per heavy atom. The molecule has 2 atom stereocenters. The average molecular weight is 471 g/mol. The Morgan fingerprint density at radius 1 is 1.25 bits per heavy atom. The van der Waals surface area contributed by atoms with E-state index in [0.717, 1.165) is 31.9 Å². The maximum Gasteiger partial charge on any atom is 0.433 e. The number of piperidine rings is 1. The van der Waals surface area contributed by atoms with Crippen molar-refractivity contribution in [3.05, 3.63) is 46.6 Å². The van der Waals surface area contributed by atoms with Crippen LogP contribution in [0.5, 0.6) is 0 Å². The van der Waals surface area contributed by atoms with E-state index in [0.29, 0.717) is 30.8 Å². The van der Waals surface area contributed by atoms with Crippen molar-refractivity contribution in [1.82, 2.24) is 9.80 Å². The third-order valence-corrected chi connectivity index (χ3v) is 6.36. The van der Waals surface area contributed by atoms with E-state index in [1.165, 1.54) is 12.6 Å². The summed E-state index contributed by atoms with van der Waals surface area (Å²) in [7, 11) is 1.50. The van der Waals surface area contributed by atoms with Gasteiger partial charge in [0.1, 0.15) is 11.5 Å². The van der Waals surface area contributed by atoms with Gasteiger partial charge in [-0.05, 0) is 50.6 Å². The monoisotopic (exact) mass is 470 g/mol. The number of hydrogen-bond acceptors (Lipinski definition) is 4. The quantitative estimate of drug-likeness (QED) is 0.466. The van der Waals surface area contributed by atoms with Gasteiger partial charge in [-0.2, -0.15) is 13.2 Å². The lowest BCUT2D eigenvalue weighted by atomic mass is 9.96. The molecule has 0 saturated carbocycles. The topological polar surface area (TPSA) is 40.4 Å². The van der Waals surface area contributed by atoms with Crippen LogP contribution in [0.2, 0.25) is 5.02 Å². The van der Waals surface area contributed by atoms with Gasteiger partial charge in [0, 0.05) is 49.9 Å². The number of benzene rings is 1. The van der Waals surface area contributed by atoms with Crippen LogP contribution in [0.25, 0.3) is 0 Å². The first-order chi connectivity index (χ1) is 15.2. The lowest BCUT2D eigenvalue weighted by molar-refractivity contribution is -0.0921. The van der Waals surface area contributed by atoms with Crippen molar-refractivity contribution in [2.75, 3.05) is 33.3 Å². The zero-order valence-electron chi connectivity index (χ0n) is 18.5. The minimum atomic E-state index is -4.55. The molecule has 0 amide bonds. The van der Waals surface area contributed by atoms with Gasteiger partial charge >= 0.3 is 6.18 Å². The minimum absolute atomic E-state index is 0.151. The largest absolute Gasteiger partial charge is 0.433 e.